The van der Waals surface area contributed by atoms with Crippen molar-refractivity contribution in [1.82, 2.24) is 9.88 Å². The molecule has 1 saturated heterocycles. The lowest BCUT2D eigenvalue weighted by Crippen LogP contribution is -2.45. The normalized spacial score (nSPS) is 32.3. The first-order valence-corrected chi connectivity index (χ1v) is 8.94. The first-order chi connectivity index (χ1) is 10.6. The van der Waals surface area contributed by atoms with Crippen LogP contribution in [-0.2, 0) is 9.59 Å². The summed E-state index contributed by atoms with van der Waals surface area (Å²) in [6.45, 7) is 5.06. The maximum Gasteiger partial charge on any atom is 0.231 e. The minimum atomic E-state index is -0.249. The number of thiazole rings is 1. The number of carbonyl (C=O) groups excluding carboxylic acids is 2. The van der Waals surface area contributed by atoms with Crippen LogP contribution in [0.15, 0.2) is 11.6 Å². The van der Waals surface area contributed by atoms with Gasteiger partial charge >= 0.3 is 0 Å². The molecule has 120 valence electrons. The van der Waals surface area contributed by atoms with Gasteiger partial charge in [-0.3, -0.25) is 9.59 Å². The fraction of sp³-hybridized carbons (Fsp3) is 0.688. The molecule has 2 fully saturated rings. The van der Waals surface area contributed by atoms with Crippen LogP contribution in [0.5, 0.6) is 0 Å². The van der Waals surface area contributed by atoms with Crippen molar-refractivity contribution >= 4 is 28.3 Å². The molecule has 6 heteroatoms. The Hall–Kier alpha value is -1.43. The second-order valence-corrected chi connectivity index (χ2v) is 7.50. The number of anilines is 1. The molecule has 2 amide bonds. The summed E-state index contributed by atoms with van der Waals surface area (Å²) in [5, 5.41) is 5.25. The molecule has 0 bridgehead atoms. The van der Waals surface area contributed by atoms with Crippen molar-refractivity contribution < 1.29 is 9.59 Å². The van der Waals surface area contributed by atoms with Gasteiger partial charge in [0.1, 0.15) is 0 Å². The number of hydrogen-bond donors (Lipinski definition) is 1. The number of nitrogens with zero attached hydrogens (tertiary/aromatic N) is 2. The minimum Gasteiger partial charge on any atom is -0.339 e. The smallest absolute Gasteiger partial charge is 0.231 e. The summed E-state index contributed by atoms with van der Waals surface area (Å²) in [5.74, 6) is 0.960. The molecule has 1 aromatic rings. The Kier molecular flexibility index (Phi) is 4.47. The summed E-state index contributed by atoms with van der Waals surface area (Å²) < 4.78 is 0. The zero-order chi connectivity index (χ0) is 15.7. The molecule has 22 heavy (non-hydrogen) atoms. The monoisotopic (exact) mass is 321 g/mol. The van der Waals surface area contributed by atoms with E-state index in [1.165, 1.54) is 24.2 Å². The van der Waals surface area contributed by atoms with E-state index >= 15 is 0 Å². The van der Waals surface area contributed by atoms with Crippen LogP contribution in [0.25, 0.3) is 0 Å². The molecular formula is C16H23N3O2S. The number of amides is 2. The zero-order valence-corrected chi connectivity index (χ0v) is 13.9. The summed E-state index contributed by atoms with van der Waals surface area (Å²) in [5.41, 5.74) is 0. The summed E-state index contributed by atoms with van der Waals surface area (Å²) in [6, 6.07) is 0.300. The van der Waals surface area contributed by atoms with E-state index < -0.39 is 0 Å². The van der Waals surface area contributed by atoms with Crippen molar-refractivity contribution in [2.75, 3.05) is 11.9 Å². The molecule has 0 spiro atoms. The Labute approximate surface area is 135 Å². The number of carbonyl (C=O) groups is 2. The van der Waals surface area contributed by atoms with Gasteiger partial charge in [0.05, 0.1) is 5.92 Å². The van der Waals surface area contributed by atoms with Crippen molar-refractivity contribution in [3.63, 3.8) is 0 Å². The molecule has 2 heterocycles. The molecule has 0 unspecified atom stereocenters. The van der Waals surface area contributed by atoms with Gasteiger partial charge in [-0.2, -0.15) is 0 Å². The van der Waals surface area contributed by atoms with E-state index in [0.717, 1.165) is 6.42 Å². The molecule has 1 aromatic heterocycles. The first-order valence-electron chi connectivity index (χ1n) is 8.06. The Bertz CT molecular complexity index is 546. The summed E-state index contributed by atoms with van der Waals surface area (Å²) in [4.78, 5) is 30.7. The molecule has 1 N–H and O–H groups in total. The first kappa shape index (κ1) is 15.5. The third kappa shape index (κ3) is 3.02. The Morgan fingerprint density at radius 2 is 2.23 bits per heavy atom. The zero-order valence-electron chi connectivity index (χ0n) is 13.1. The van der Waals surface area contributed by atoms with Crippen molar-refractivity contribution in [2.24, 2.45) is 17.8 Å². The van der Waals surface area contributed by atoms with Gasteiger partial charge in [-0.15, -0.1) is 11.3 Å². The van der Waals surface area contributed by atoms with Crippen molar-refractivity contribution in [1.29, 1.82) is 0 Å². The third-order valence-electron chi connectivity index (χ3n) is 5.26. The van der Waals surface area contributed by atoms with Crippen molar-refractivity contribution in [2.45, 2.75) is 45.6 Å². The van der Waals surface area contributed by atoms with Crippen molar-refractivity contribution in [3.05, 3.63) is 11.6 Å². The Morgan fingerprint density at radius 3 is 2.95 bits per heavy atom. The summed E-state index contributed by atoms with van der Waals surface area (Å²) in [6.07, 6.45) is 5.48. The average molecular weight is 321 g/mol. The van der Waals surface area contributed by atoms with E-state index in [2.05, 4.69) is 24.1 Å². The largest absolute Gasteiger partial charge is 0.339 e. The van der Waals surface area contributed by atoms with Crippen LogP contribution >= 0.6 is 11.3 Å². The van der Waals surface area contributed by atoms with Gasteiger partial charge in [-0.25, -0.2) is 4.98 Å². The fourth-order valence-corrected chi connectivity index (χ4v) is 4.25. The standard InChI is InChI=1S/C16H23N3O2S/c1-10-4-3-5-13(11(10)2)19-9-12(8-14(19)20)15(21)18-16-17-6-7-22-16/h6-7,10-13H,3-5,8-9H2,1-2H3,(H,17,18,21)/t10-,11-,12-,13-/m1/s1. The molecule has 0 aromatic carbocycles. The number of rotatable bonds is 3. The fourth-order valence-electron chi connectivity index (χ4n) is 3.71. The molecule has 0 radical (unpaired) electrons. The van der Waals surface area contributed by atoms with E-state index in [0.29, 0.717) is 36.0 Å². The van der Waals surface area contributed by atoms with Gasteiger partial charge in [-0.05, 0) is 18.3 Å². The topological polar surface area (TPSA) is 62.3 Å². The van der Waals surface area contributed by atoms with Gasteiger partial charge in [0.15, 0.2) is 5.13 Å². The molecule has 4 atom stereocenters. The highest BCUT2D eigenvalue weighted by atomic mass is 32.1. The number of hydrogen-bond acceptors (Lipinski definition) is 4. The molecular weight excluding hydrogens is 298 g/mol. The molecule has 5 nitrogen and oxygen atoms in total. The van der Waals surface area contributed by atoms with E-state index in [-0.39, 0.29) is 17.7 Å². The molecule has 1 aliphatic heterocycles. The molecule has 1 saturated carbocycles. The maximum atomic E-state index is 12.4. The second-order valence-electron chi connectivity index (χ2n) is 6.61. The SMILES string of the molecule is C[C@@H]1[C@H](C)CCC[C@H]1N1C[C@H](C(=O)Nc2nccs2)CC1=O. The lowest BCUT2D eigenvalue weighted by molar-refractivity contribution is -0.131. The molecule has 3 rings (SSSR count). The van der Waals surface area contributed by atoms with Gasteiger partial charge in [-0.1, -0.05) is 26.7 Å². The van der Waals surface area contributed by atoms with E-state index in [1.807, 2.05) is 10.3 Å². The van der Waals surface area contributed by atoms with Gasteiger partial charge in [0.2, 0.25) is 11.8 Å². The van der Waals surface area contributed by atoms with Crippen LogP contribution in [0.4, 0.5) is 5.13 Å². The van der Waals surface area contributed by atoms with Crippen LogP contribution in [0.1, 0.15) is 39.5 Å². The van der Waals surface area contributed by atoms with Gasteiger partial charge < -0.3 is 10.2 Å². The Balaban J connectivity index is 1.64. The van der Waals surface area contributed by atoms with Gasteiger partial charge in [0.25, 0.3) is 0 Å². The lowest BCUT2D eigenvalue weighted by Gasteiger charge is -2.40. The number of nitrogens with one attached hydrogen (secondary N) is 1. The summed E-state index contributed by atoms with van der Waals surface area (Å²) >= 11 is 1.40. The van der Waals surface area contributed by atoms with E-state index in [1.54, 1.807) is 6.20 Å². The quantitative estimate of drug-likeness (QED) is 0.931. The predicted octanol–water partition coefficient (Wildman–Crippen LogP) is 2.75. The third-order valence-corrected chi connectivity index (χ3v) is 5.94. The van der Waals surface area contributed by atoms with Gasteiger partial charge in [0, 0.05) is 30.6 Å². The van der Waals surface area contributed by atoms with Crippen molar-refractivity contribution in [3.8, 4) is 0 Å². The molecule has 1 aliphatic carbocycles. The summed E-state index contributed by atoms with van der Waals surface area (Å²) in [7, 11) is 0. The van der Waals surface area contributed by atoms with Crippen LogP contribution in [0.2, 0.25) is 0 Å². The highest BCUT2D eigenvalue weighted by molar-refractivity contribution is 7.13. The molecule has 2 aliphatic rings. The predicted molar refractivity (Wildman–Crippen MR) is 86.5 cm³/mol. The number of aromatic nitrogens is 1. The van der Waals surface area contributed by atoms with Crippen LogP contribution < -0.4 is 5.32 Å². The average Bonchev–Trinajstić information content (AvgIpc) is 3.12. The van der Waals surface area contributed by atoms with Crippen LogP contribution in [0.3, 0.4) is 0 Å². The number of likely N-dealkylation sites (tertiary alicyclic amines) is 1. The van der Waals surface area contributed by atoms with Crippen LogP contribution in [-0.4, -0.2) is 34.3 Å². The lowest BCUT2D eigenvalue weighted by atomic mass is 9.77. The maximum absolute atomic E-state index is 12.4. The van der Waals surface area contributed by atoms with E-state index in [4.69, 9.17) is 0 Å². The Morgan fingerprint density at radius 1 is 1.41 bits per heavy atom. The van der Waals surface area contributed by atoms with E-state index in [9.17, 15) is 9.59 Å². The highest BCUT2D eigenvalue weighted by Gasteiger charge is 2.41. The second kappa shape index (κ2) is 6.36. The minimum absolute atomic E-state index is 0.0812. The van der Waals surface area contributed by atoms with Crippen LogP contribution in [0, 0.1) is 17.8 Å². The highest BCUT2D eigenvalue weighted by Crippen LogP contribution is 2.35.